The van der Waals surface area contributed by atoms with E-state index in [0.717, 1.165) is 23.3 Å². The largest absolute Gasteiger partial charge is 0.389 e. The predicted octanol–water partition coefficient (Wildman–Crippen LogP) is 1.90. The summed E-state index contributed by atoms with van der Waals surface area (Å²) in [5.41, 5.74) is -0.109. The van der Waals surface area contributed by atoms with Crippen molar-refractivity contribution in [1.82, 2.24) is 4.72 Å². The molecule has 0 aliphatic heterocycles. The molecule has 17 heavy (non-hydrogen) atoms. The minimum absolute atomic E-state index is 0.0733. The number of hydrogen-bond donors (Lipinski definition) is 2. The van der Waals surface area contributed by atoms with Gasteiger partial charge in [-0.15, -0.1) is 11.3 Å². The summed E-state index contributed by atoms with van der Waals surface area (Å²) in [6.07, 6.45) is 2.25. The molecule has 1 heterocycles. The van der Waals surface area contributed by atoms with E-state index >= 15 is 0 Å². The van der Waals surface area contributed by atoms with Gasteiger partial charge >= 0.3 is 0 Å². The molecule has 0 spiro atoms. The number of nitrogens with one attached hydrogen (secondary N) is 1. The third kappa shape index (κ3) is 2.82. The molecule has 0 amide bonds. The van der Waals surface area contributed by atoms with Crippen molar-refractivity contribution in [3.05, 3.63) is 16.0 Å². The van der Waals surface area contributed by atoms with Gasteiger partial charge in [-0.1, -0.05) is 11.6 Å². The second kappa shape index (κ2) is 4.51. The maximum Gasteiger partial charge on any atom is 0.250 e. The Hall–Kier alpha value is -0.140. The lowest BCUT2D eigenvalue weighted by Gasteiger charge is -2.36. The predicted molar refractivity (Wildman–Crippen MR) is 68.1 cm³/mol. The van der Waals surface area contributed by atoms with E-state index in [1.54, 1.807) is 13.0 Å². The van der Waals surface area contributed by atoms with Crippen LogP contribution in [-0.2, 0) is 10.0 Å². The molecule has 2 N–H and O–H groups in total. The maximum absolute atomic E-state index is 11.9. The van der Waals surface area contributed by atoms with Crippen molar-refractivity contribution >= 4 is 33.0 Å². The highest BCUT2D eigenvalue weighted by atomic mass is 35.5. The molecule has 4 nitrogen and oxygen atoms in total. The lowest BCUT2D eigenvalue weighted by molar-refractivity contribution is -0.0270. The molecule has 7 heteroatoms. The molecule has 1 aliphatic rings. The zero-order chi connectivity index (χ0) is 12.7. The SMILES string of the molecule is Cc1cc(S(=O)(=O)NCC2(O)CCC2)sc1Cl. The summed E-state index contributed by atoms with van der Waals surface area (Å²) in [6, 6.07) is 1.54. The molecule has 0 atom stereocenters. The molecule has 0 aromatic carbocycles. The van der Waals surface area contributed by atoms with Gasteiger partial charge in [0.05, 0.1) is 9.94 Å². The van der Waals surface area contributed by atoms with E-state index in [2.05, 4.69) is 4.72 Å². The summed E-state index contributed by atoms with van der Waals surface area (Å²) in [7, 11) is -3.55. The fraction of sp³-hybridized carbons (Fsp3) is 0.600. The monoisotopic (exact) mass is 295 g/mol. The normalized spacial score (nSPS) is 19.0. The van der Waals surface area contributed by atoms with Crippen molar-refractivity contribution in [1.29, 1.82) is 0 Å². The first-order chi connectivity index (χ1) is 7.82. The Bertz CT molecular complexity index is 500. The molecule has 96 valence electrons. The first kappa shape index (κ1) is 13.3. The third-order valence-corrected chi connectivity index (χ3v) is 6.40. The molecular weight excluding hydrogens is 282 g/mol. The summed E-state index contributed by atoms with van der Waals surface area (Å²) < 4.78 is 26.9. The Labute approximate surface area is 110 Å². The molecule has 0 bridgehead atoms. The van der Waals surface area contributed by atoms with Gasteiger partial charge in [0.25, 0.3) is 0 Å². The first-order valence-corrected chi connectivity index (χ1v) is 7.98. The summed E-state index contributed by atoms with van der Waals surface area (Å²) in [6.45, 7) is 1.83. The van der Waals surface area contributed by atoms with Gasteiger partial charge in [-0.2, -0.15) is 0 Å². The van der Waals surface area contributed by atoms with E-state index in [1.165, 1.54) is 0 Å². The Morgan fingerprint density at radius 3 is 2.65 bits per heavy atom. The van der Waals surface area contributed by atoms with Crippen LogP contribution in [0.25, 0.3) is 0 Å². The lowest BCUT2D eigenvalue weighted by atomic mass is 9.81. The van der Waals surface area contributed by atoms with Gasteiger partial charge in [0, 0.05) is 6.54 Å². The molecule has 0 saturated heterocycles. The molecule has 1 saturated carbocycles. The van der Waals surface area contributed by atoms with Crippen LogP contribution in [0.3, 0.4) is 0 Å². The fourth-order valence-electron chi connectivity index (χ4n) is 1.63. The van der Waals surface area contributed by atoms with Crippen LogP contribution in [0.2, 0.25) is 4.34 Å². The molecule has 0 unspecified atom stereocenters. The van der Waals surface area contributed by atoms with E-state index in [-0.39, 0.29) is 10.8 Å². The van der Waals surface area contributed by atoms with Gasteiger partial charge in [-0.05, 0) is 37.8 Å². The number of hydrogen-bond acceptors (Lipinski definition) is 4. The quantitative estimate of drug-likeness (QED) is 0.891. The number of thiophene rings is 1. The minimum Gasteiger partial charge on any atom is -0.389 e. The van der Waals surface area contributed by atoms with Gasteiger partial charge in [0.15, 0.2) is 0 Å². The van der Waals surface area contributed by atoms with Crippen molar-refractivity contribution in [2.45, 2.75) is 36.0 Å². The molecular formula is C10H14ClNO3S2. The first-order valence-electron chi connectivity index (χ1n) is 5.30. The van der Waals surface area contributed by atoms with Crippen molar-refractivity contribution < 1.29 is 13.5 Å². The molecule has 0 radical (unpaired) electrons. The van der Waals surface area contributed by atoms with Crippen LogP contribution in [0.1, 0.15) is 24.8 Å². The van der Waals surface area contributed by atoms with Crippen molar-refractivity contribution in [2.24, 2.45) is 0 Å². The number of aryl methyl sites for hydroxylation is 1. The summed E-state index contributed by atoms with van der Waals surface area (Å²) in [5.74, 6) is 0. The number of halogens is 1. The molecule has 1 aromatic heterocycles. The van der Waals surface area contributed by atoms with E-state index in [4.69, 9.17) is 11.6 Å². The van der Waals surface area contributed by atoms with E-state index < -0.39 is 15.6 Å². The number of aliphatic hydroxyl groups is 1. The van der Waals surface area contributed by atoms with Gasteiger partial charge in [-0.3, -0.25) is 0 Å². The molecule has 2 rings (SSSR count). The van der Waals surface area contributed by atoms with Gasteiger partial charge in [0.1, 0.15) is 4.21 Å². The van der Waals surface area contributed by atoms with Gasteiger partial charge < -0.3 is 5.11 Å². The third-order valence-electron chi connectivity index (χ3n) is 2.97. The summed E-state index contributed by atoms with van der Waals surface area (Å²) in [5, 5.41) is 9.83. The van der Waals surface area contributed by atoms with E-state index in [1.807, 2.05) is 0 Å². The smallest absolute Gasteiger partial charge is 0.250 e. The van der Waals surface area contributed by atoms with Crippen LogP contribution in [0, 0.1) is 6.92 Å². The lowest BCUT2D eigenvalue weighted by Crippen LogP contribution is -2.47. The number of sulfonamides is 1. The van der Waals surface area contributed by atoms with E-state index in [0.29, 0.717) is 17.2 Å². The van der Waals surface area contributed by atoms with Crippen LogP contribution in [0.4, 0.5) is 0 Å². The van der Waals surface area contributed by atoms with Crippen LogP contribution in [0.5, 0.6) is 0 Å². The summed E-state index contributed by atoms with van der Waals surface area (Å²) >= 11 is 6.87. The molecule has 1 aromatic rings. The topological polar surface area (TPSA) is 66.4 Å². The summed E-state index contributed by atoms with van der Waals surface area (Å²) in [4.78, 5) is 0. The van der Waals surface area contributed by atoms with Crippen LogP contribution >= 0.6 is 22.9 Å². The Morgan fingerprint density at radius 1 is 1.59 bits per heavy atom. The van der Waals surface area contributed by atoms with Crippen LogP contribution in [-0.4, -0.2) is 25.7 Å². The number of rotatable bonds is 4. The second-order valence-electron chi connectivity index (χ2n) is 4.42. The Balaban J connectivity index is 2.08. The second-order valence-corrected chi connectivity index (χ2v) is 8.07. The van der Waals surface area contributed by atoms with Crippen molar-refractivity contribution in [3.8, 4) is 0 Å². The maximum atomic E-state index is 11.9. The zero-order valence-electron chi connectivity index (χ0n) is 9.36. The highest BCUT2D eigenvalue weighted by Gasteiger charge is 2.35. The van der Waals surface area contributed by atoms with Crippen molar-refractivity contribution in [3.63, 3.8) is 0 Å². The standard InChI is InChI=1S/C10H14ClNO3S2/c1-7-5-8(16-9(7)11)17(14,15)12-6-10(13)3-2-4-10/h5,12-13H,2-4,6H2,1H3. The van der Waals surface area contributed by atoms with Crippen molar-refractivity contribution in [2.75, 3.05) is 6.54 Å². The minimum atomic E-state index is -3.55. The fourth-order valence-corrected chi connectivity index (χ4v) is 4.50. The highest BCUT2D eigenvalue weighted by Crippen LogP contribution is 2.32. The molecule has 1 fully saturated rings. The van der Waals surface area contributed by atoms with Gasteiger partial charge in [-0.25, -0.2) is 13.1 Å². The Kier molecular flexibility index (Phi) is 3.53. The van der Waals surface area contributed by atoms with Gasteiger partial charge in [0.2, 0.25) is 10.0 Å². The van der Waals surface area contributed by atoms with Crippen LogP contribution in [0.15, 0.2) is 10.3 Å². The molecule has 1 aliphatic carbocycles. The van der Waals surface area contributed by atoms with Crippen LogP contribution < -0.4 is 4.72 Å². The van der Waals surface area contributed by atoms with E-state index in [9.17, 15) is 13.5 Å². The Morgan fingerprint density at radius 2 is 2.24 bits per heavy atom. The highest BCUT2D eigenvalue weighted by molar-refractivity contribution is 7.91. The average Bonchev–Trinajstić information content (AvgIpc) is 2.54. The zero-order valence-corrected chi connectivity index (χ0v) is 11.8. The average molecular weight is 296 g/mol.